The normalized spacial score (nSPS) is 14.5. The van der Waals surface area contributed by atoms with Crippen molar-refractivity contribution in [2.45, 2.75) is 13.5 Å². The zero-order chi connectivity index (χ0) is 20.9. The summed E-state index contributed by atoms with van der Waals surface area (Å²) in [6.07, 6.45) is 1.64. The lowest BCUT2D eigenvalue weighted by Gasteiger charge is -2.13. The highest BCUT2D eigenvalue weighted by molar-refractivity contribution is 7.12. The van der Waals surface area contributed by atoms with Gasteiger partial charge in [0.25, 0.3) is 0 Å². The second-order valence-electron chi connectivity index (χ2n) is 6.37. The largest absolute Gasteiger partial charge is 0.490 e. The molecule has 0 N–H and O–H groups in total. The average Bonchev–Trinajstić information content (AvgIpc) is 3.38. The van der Waals surface area contributed by atoms with Gasteiger partial charge < -0.3 is 14.2 Å². The van der Waals surface area contributed by atoms with Gasteiger partial charge in [0.1, 0.15) is 12.4 Å². The molecule has 1 aliphatic heterocycles. The van der Waals surface area contributed by atoms with Gasteiger partial charge in [-0.25, -0.2) is 14.2 Å². The molecule has 0 saturated heterocycles. The van der Waals surface area contributed by atoms with Gasteiger partial charge in [-0.15, -0.1) is 11.3 Å². The zero-order valence-corrected chi connectivity index (χ0v) is 16.9. The van der Waals surface area contributed by atoms with E-state index in [1.165, 1.54) is 23.5 Å². The predicted octanol–water partition coefficient (Wildman–Crippen LogP) is 5.21. The van der Waals surface area contributed by atoms with Gasteiger partial charge in [-0.2, -0.15) is 0 Å². The van der Waals surface area contributed by atoms with Gasteiger partial charge >= 0.3 is 5.97 Å². The topological polar surface area (TPSA) is 57.1 Å². The molecule has 2 heterocycles. The molecule has 0 fully saturated rings. The van der Waals surface area contributed by atoms with Crippen molar-refractivity contribution < 1.29 is 23.4 Å². The van der Waals surface area contributed by atoms with Crippen LogP contribution in [0, 0.1) is 5.82 Å². The third-order valence-corrected chi connectivity index (χ3v) is 5.06. The predicted molar refractivity (Wildman–Crippen MR) is 113 cm³/mol. The molecule has 0 aliphatic carbocycles. The number of halogens is 1. The summed E-state index contributed by atoms with van der Waals surface area (Å²) in [6.45, 7) is 2.52. The number of ether oxygens (including phenoxy) is 3. The highest BCUT2D eigenvalue weighted by Gasteiger charge is 2.24. The van der Waals surface area contributed by atoms with E-state index in [1.54, 1.807) is 36.4 Å². The molecule has 30 heavy (non-hydrogen) atoms. The Morgan fingerprint density at radius 1 is 1.10 bits per heavy atom. The quantitative estimate of drug-likeness (QED) is 0.387. The van der Waals surface area contributed by atoms with Crippen molar-refractivity contribution in [1.29, 1.82) is 0 Å². The molecule has 152 valence electrons. The summed E-state index contributed by atoms with van der Waals surface area (Å²) in [5, 5.41) is 1.89. The van der Waals surface area contributed by atoms with Gasteiger partial charge in [-0.3, -0.25) is 0 Å². The Morgan fingerprint density at radius 2 is 2.00 bits per heavy atom. The molecule has 0 atom stereocenters. The summed E-state index contributed by atoms with van der Waals surface area (Å²) < 4.78 is 30.1. The molecular formula is C23H18FNO4S. The van der Waals surface area contributed by atoms with E-state index >= 15 is 0 Å². The number of hydrogen-bond donors (Lipinski definition) is 0. The molecule has 2 aromatic carbocycles. The van der Waals surface area contributed by atoms with Gasteiger partial charge in [0.15, 0.2) is 17.2 Å². The van der Waals surface area contributed by atoms with Gasteiger partial charge in [-0.05, 0) is 59.8 Å². The van der Waals surface area contributed by atoms with Crippen molar-refractivity contribution >= 4 is 29.3 Å². The summed E-state index contributed by atoms with van der Waals surface area (Å²) in [5.41, 5.74) is 1.65. The lowest BCUT2D eigenvalue weighted by molar-refractivity contribution is -0.129. The number of cyclic esters (lactones) is 1. The van der Waals surface area contributed by atoms with Crippen LogP contribution >= 0.6 is 11.3 Å². The van der Waals surface area contributed by atoms with Crippen LogP contribution in [-0.4, -0.2) is 18.5 Å². The molecule has 4 rings (SSSR count). The van der Waals surface area contributed by atoms with Crippen LogP contribution in [-0.2, 0) is 16.1 Å². The molecule has 1 aromatic heterocycles. The maximum atomic E-state index is 13.4. The minimum atomic E-state index is -0.497. The fourth-order valence-corrected chi connectivity index (χ4v) is 3.51. The molecule has 7 heteroatoms. The Balaban J connectivity index is 1.55. The fraction of sp³-hybridized carbons (Fsp3) is 0.130. The van der Waals surface area contributed by atoms with E-state index in [2.05, 4.69) is 4.99 Å². The molecule has 0 saturated carbocycles. The van der Waals surface area contributed by atoms with Gasteiger partial charge in [0.2, 0.25) is 5.90 Å². The van der Waals surface area contributed by atoms with Crippen molar-refractivity contribution in [3.63, 3.8) is 0 Å². The summed E-state index contributed by atoms with van der Waals surface area (Å²) in [4.78, 5) is 17.3. The van der Waals surface area contributed by atoms with Crippen LogP contribution in [0.1, 0.15) is 22.9 Å². The minimum Gasteiger partial charge on any atom is -0.490 e. The average molecular weight is 423 g/mol. The molecule has 0 unspecified atom stereocenters. The van der Waals surface area contributed by atoms with Crippen LogP contribution in [0.5, 0.6) is 11.5 Å². The minimum absolute atomic E-state index is 0.207. The Kier molecular flexibility index (Phi) is 5.90. The van der Waals surface area contributed by atoms with Crippen LogP contribution in [0.4, 0.5) is 4.39 Å². The second kappa shape index (κ2) is 8.92. The SMILES string of the molecule is CCOc1cc(/C=C2\N=C(c3cccs3)OC2=O)ccc1OCc1cccc(F)c1. The molecule has 5 nitrogen and oxygen atoms in total. The molecule has 0 radical (unpaired) electrons. The second-order valence-corrected chi connectivity index (χ2v) is 7.32. The van der Waals surface area contributed by atoms with E-state index in [0.717, 1.165) is 10.4 Å². The molecule has 0 bridgehead atoms. The van der Waals surface area contributed by atoms with Crippen molar-refractivity contribution in [1.82, 2.24) is 0 Å². The van der Waals surface area contributed by atoms with Crippen molar-refractivity contribution in [3.05, 3.63) is 87.5 Å². The number of carbonyl (C=O) groups is 1. The van der Waals surface area contributed by atoms with E-state index in [9.17, 15) is 9.18 Å². The first-order valence-corrected chi connectivity index (χ1v) is 10.2. The van der Waals surface area contributed by atoms with Gasteiger partial charge in [0, 0.05) is 0 Å². The van der Waals surface area contributed by atoms with Crippen molar-refractivity contribution in [2.75, 3.05) is 6.61 Å². The van der Waals surface area contributed by atoms with Gasteiger partial charge in [-0.1, -0.05) is 24.3 Å². The van der Waals surface area contributed by atoms with Crippen LogP contribution in [0.25, 0.3) is 6.08 Å². The number of hydrogen-bond acceptors (Lipinski definition) is 6. The van der Waals surface area contributed by atoms with E-state index in [0.29, 0.717) is 29.6 Å². The first kappa shape index (κ1) is 19.8. The number of benzene rings is 2. The number of carbonyl (C=O) groups excluding carboxylic acids is 1. The van der Waals surface area contributed by atoms with Gasteiger partial charge in [0.05, 0.1) is 11.5 Å². The highest BCUT2D eigenvalue weighted by atomic mass is 32.1. The lowest BCUT2D eigenvalue weighted by Crippen LogP contribution is -2.03. The molecule has 3 aromatic rings. The Bertz CT molecular complexity index is 1120. The number of rotatable bonds is 7. The van der Waals surface area contributed by atoms with E-state index in [4.69, 9.17) is 14.2 Å². The first-order chi connectivity index (χ1) is 14.6. The Morgan fingerprint density at radius 3 is 2.77 bits per heavy atom. The van der Waals surface area contributed by atoms with E-state index in [1.807, 2.05) is 24.4 Å². The van der Waals surface area contributed by atoms with Crippen LogP contribution < -0.4 is 9.47 Å². The maximum absolute atomic E-state index is 13.4. The zero-order valence-electron chi connectivity index (χ0n) is 16.1. The number of nitrogens with zero attached hydrogens (tertiary/aromatic N) is 1. The Hall–Kier alpha value is -3.45. The summed E-state index contributed by atoms with van der Waals surface area (Å²) in [6, 6.07) is 15.3. The highest BCUT2D eigenvalue weighted by Crippen LogP contribution is 2.31. The third-order valence-electron chi connectivity index (χ3n) is 4.21. The molecule has 0 amide bonds. The third kappa shape index (κ3) is 4.58. The van der Waals surface area contributed by atoms with E-state index < -0.39 is 5.97 Å². The molecule has 0 spiro atoms. The number of thiophene rings is 1. The van der Waals surface area contributed by atoms with Crippen molar-refractivity contribution in [3.8, 4) is 11.5 Å². The van der Waals surface area contributed by atoms with E-state index in [-0.39, 0.29) is 18.1 Å². The molecule has 1 aliphatic rings. The van der Waals surface area contributed by atoms with Crippen LogP contribution in [0.15, 0.2) is 70.7 Å². The monoisotopic (exact) mass is 423 g/mol. The Labute approximate surface area is 177 Å². The lowest BCUT2D eigenvalue weighted by atomic mass is 10.1. The van der Waals surface area contributed by atoms with Crippen LogP contribution in [0.2, 0.25) is 0 Å². The summed E-state index contributed by atoms with van der Waals surface area (Å²) in [5.74, 6) is 0.551. The standard InChI is InChI=1S/C23H18FNO4S/c1-2-27-20-13-15(8-9-19(20)28-14-16-5-3-6-17(24)11-16)12-18-23(26)29-22(25-18)21-7-4-10-30-21/h3-13H,2,14H2,1H3/b18-12-. The maximum Gasteiger partial charge on any atom is 0.363 e. The summed E-state index contributed by atoms with van der Waals surface area (Å²) in [7, 11) is 0. The molecular weight excluding hydrogens is 405 g/mol. The first-order valence-electron chi connectivity index (χ1n) is 9.33. The van der Waals surface area contributed by atoms with Crippen molar-refractivity contribution in [2.24, 2.45) is 4.99 Å². The number of esters is 1. The number of aliphatic imine (C=N–C) groups is 1. The smallest absolute Gasteiger partial charge is 0.363 e. The van der Waals surface area contributed by atoms with Crippen LogP contribution in [0.3, 0.4) is 0 Å². The fourth-order valence-electron chi connectivity index (χ4n) is 2.86. The summed E-state index contributed by atoms with van der Waals surface area (Å²) >= 11 is 1.45.